The molecule has 1 fully saturated rings. The molecule has 3 aromatic rings. The molecule has 3 nitrogen and oxygen atoms in total. The highest BCUT2D eigenvalue weighted by atomic mass is 16.3. The zero-order valence-corrected chi connectivity index (χ0v) is 17.3. The first kappa shape index (κ1) is 19.9. The number of aliphatic hydroxyl groups is 1. The van der Waals surface area contributed by atoms with Crippen LogP contribution >= 0.6 is 0 Å². The lowest BCUT2D eigenvalue weighted by atomic mass is 9.58. The number of hydrogen-bond donors (Lipinski definition) is 1. The molecule has 2 aromatic carbocycles. The van der Waals surface area contributed by atoms with E-state index in [0.717, 1.165) is 48.4 Å². The standard InChI is InChI=1S/C26H31NO2/c1-2-3-17-26(24(28)27-18-9-10-19-27,25(29)15-7-4-8-16-25)23-14-13-21-11-5-6-12-22(21)20-23/h5-6,9-14,18-20,29H,2-4,7-8,15-17H2,1H3. The second kappa shape index (κ2) is 8.16. The number of hydrogen-bond acceptors (Lipinski definition) is 2. The van der Waals surface area contributed by atoms with E-state index in [2.05, 4.69) is 37.3 Å². The van der Waals surface area contributed by atoms with Crippen LogP contribution in [0.2, 0.25) is 0 Å². The Kier molecular flexibility index (Phi) is 5.60. The molecule has 4 rings (SSSR count). The molecular weight excluding hydrogens is 358 g/mol. The summed E-state index contributed by atoms with van der Waals surface area (Å²) in [5, 5.41) is 14.3. The predicted molar refractivity (Wildman–Crippen MR) is 118 cm³/mol. The third kappa shape index (κ3) is 3.42. The van der Waals surface area contributed by atoms with Crippen LogP contribution in [0.3, 0.4) is 0 Å². The number of nitrogens with zero attached hydrogens (tertiary/aromatic N) is 1. The van der Waals surface area contributed by atoms with E-state index in [1.807, 2.05) is 36.7 Å². The summed E-state index contributed by atoms with van der Waals surface area (Å²) in [6.07, 6.45) is 10.6. The molecule has 1 unspecified atom stereocenters. The smallest absolute Gasteiger partial charge is 0.244 e. The third-order valence-corrected chi connectivity index (χ3v) is 6.83. The summed E-state index contributed by atoms with van der Waals surface area (Å²) >= 11 is 0. The van der Waals surface area contributed by atoms with Crippen molar-refractivity contribution in [3.8, 4) is 0 Å². The maximum Gasteiger partial charge on any atom is 0.244 e. The van der Waals surface area contributed by atoms with Crippen LogP contribution in [0.4, 0.5) is 0 Å². The molecule has 3 heteroatoms. The van der Waals surface area contributed by atoms with Crippen molar-refractivity contribution in [2.45, 2.75) is 69.3 Å². The molecule has 0 spiro atoms. The first-order chi connectivity index (χ1) is 14.1. The van der Waals surface area contributed by atoms with E-state index < -0.39 is 11.0 Å². The molecule has 1 aliphatic rings. The summed E-state index contributed by atoms with van der Waals surface area (Å²) in [5.41, 5.74) is -1.01. The van der Waals surface area contributed by atoms with Gasteiger partial charge in [0, 0.05) is 12.4 Å². The van der Waals surface area contributed by atoms with E-state index in [0.29, 0.717) is 19.3 Å². The maximum absolute atomic E-state index is 14.1. The quantitative estimate of drug-likeness (QED) is 0.553. The Morgan fingerprint density at radius 1 is 1.00 bits per heavy atom. The van der Waals surface area contributed by atoms with E-state index in [4.69, 9.17) is 0 Å². The fourth-order valence-electron chi connectivity index (χ4n) is 5.23. The number of carbonyl (C=O) groups excluding carboxylic acids is 1. The lowest BCUT2D eigenvalue weighted by Crippen LogP contribution is -2.59. The molecule has 0 radical (unpaired) electrons. The van der Waals surface area contributed by atoms with E-state index in [1.54, 1.807) is 4.57 Å². The maximum atomic E-state index is 14.1. The lowest BCUT2D eigenvalue weighted by Gasteiger charge is -2.49. The van der Waals surface area contributed by atoms with Crippen molar-refractivity contribution < 1.29 is 9.90 Å². The number of aromatic nitrogens is 1. The van der Waals surface area contributed by atoms with Crippen molar-refractivity contribution in [2.24, 2.45) is 0 Å². The van der Waals surface area contributed by atoms with Crippen molar-refractivity contribution in [3.63, 3.8) is 0 Å². The Balaban J connectivity index is 1.95. The molecular formula is C26H31NO2. The topological polar surface area (TPSA) is 42.2 Å². The Bertz CT molecular complexity index is 969. The van der Waals surface area contributed by atoms with E-state index in [-0.39, 0.29) is 5.91 Å². The minimum Gasteiger partial charge on any atom is -0.388 e. The molecule has 1 N–H and O–H groups in total. The average Bonchev–Trinajstić information content (AvgIpc) is 3.29. The van der Waals surface area contributed by atoms with Crippen LogP contribution in [0.15, 0.2) is 67.0 Å². The monoisotopic (exact) mass is 389 g/mol. The second-order valence-electron chi connectivity index (χ2n) is 8.56. The van der Waals surface area contributed by atoms with Crippen molar-refractivity contribution in [2.75, 3.05) is 0 Å². The van der Waals surface area contributed by atoms with Crippen LogP contribution in [-0.4, -0.2) is 21.2 Å². The minimum atomic E-state index is -1.02. The molecule has 1 saturated carbocycles. The highest BCUT2D eigenvalue weighted by Gasteiger charge is 2.56. The van der Waals surface area contributed by atoms with Crippen molar-refractivity contribution >= 4 is 16.7 Å². The number of carbonyl (C=O) groups is 1. The molecule has 0 aliphatic heterocycles. The zero-order chi connectivity index (χ0) is 20.3. The van der Waals surface area contributed by atoms with Gasteiger partial charge < -0.3 is 5.11 Å². The first-order valence-electron chi connectivity index (χ1n) is 11.0. The first-order valence-corrected chi connectivity index (χ1v) is 11.0. The summed E-state index contributed by atoms with van der Waals surface area (Å²) in [4.78, 5) is 14.1. The molecule has 1 aromatic heterocycles. The van der Waals surface area contributed by atoms with Gasteiger partial charge in [0.25, 0.3) is 0 Å². The molecule has 152 valence electrons. The van der Waals surface area contributed by atoms with Crippen molar-refractivity contribution in [1.82, 2.24) is 4.57 Å². The van der Waals surface area contributed by atoms with Crippen LogP contribution in [0.25, 0.3) is 10.8 Å². The van der Waals surface area contributed by atoms with Gasteiger partial charge in [0.1, 0.15) is 5.41 Å². The Hall–Kier alpha value is -2.39. The summed E-state index contributed by atoms with van der Waals surface area (Å²) < 4.78 is 1.68. The van der Waals surface area contributed by atoms with Crippen molar-refractivity contribution in [1.29, 1.82) is 0 Å². The van der Waals surface area contributed by atoms with E-state index in [9.17, 15) is 9.90 Å². The van der Waals surface area contributed by atoms with Crippen LogP contribution in [0.1, 0.15) is 68.6 Å². The minimum absolute atomic E-state index is 0.00405. The number of unbranched alkanes of at least 4 members (excludes halogenated alkanes) is 1. The highest BCUT2D eigenvalue weighted by molar-refractivity contribution is 5.94. The molecule has 0 amide bonds. The fraction of sp³-hybridized carbons (Fsp3) is 0.423. The molecule has 1 aliphatic carbocycles. The fourth-order valence-corrected chi connectivity index (χ4v) is 5.23. The molecule has 1 heterocycles. The van der Waals surface area contributed by atoms with Gasteiger partial charge in [-0.1, -0.05) is 75.4 Å². The van der Waals surface area contributed by atoms with Crippen LogP contribution in [0.5, 0.6) is 0 Å². The predicted octanol–water partition coefficient (Wildman–Crippen LogP) is 6.10. The molecule has 1 atom stereocenters. The van der Waals surface area contributed by atoms with Crippen LogP contribution in [0, 0.1) is 0 Å². The second-order valence-corrected chi connectivity index (χ2v) is 8.56. The normalized spacial score (nSPS) is 18.4. The van der Waals surface area contributed by atoms with E-state index in [1.165, 1.54) is 0 Å². The van der Waals surface area contributed by atoms with E-state index >= 15 is 0 Å². The highest BCUT2D eigenvalue weighted by Crippen LogP contribution is 2.49. The lowest BCUT2D eigenvalue weighted by molar-refractivity contribution is -0.0626. The Morgan fingerprint density at radius 3 is 2.38 bits per heavy atom. The van der Waals surface area contributed by atoms with Gasteiger partial charge in [-0.3, -0.25) is 9.36 Å². The van der Waals surface area contributed by atoms with Gasteiger partial charge in [-0.15, -0.1) is 0 Å². The number of rotatable bonds is 6. The van der Waals surface area contributed by atoms with Gasteiger partial charge in [0.05, 0.1) is 5.60 Å². The van der Waals surface area contributed by atoms with Gasteiger partial charge >= 0.3 is 0 Å². The van der Waals surface area contributed by atoms with Crippen LogP contribution < -0.4 is 0 Å². The van der Waals surface area contributed by atoms with Gasteiger partial charge in [0.15, 0.2) is 0 Å². The van der Waals surface area contributed by atoms with Gasteiger partial charge in [-0.25, -0.2) is 0 Å². The number of benzene rings is 2. The number of fused-ring (bicyclic) bond motifs is 1. The summed E-state index contributed by atoms with van der Waals surface area (Å²) in [6, 6.07) is 18.3. The molecule has 0 bridgehead atoms. The summed E-state index contributed by atoms with van der Waals surface area (Å²) in [7, 11) is 0. The largest absolute Gasteiger partial charge is 0.388 e. The Labute approximate surface area is 173 Å². The van der Waals surface area contributed by atoms with Crippen molar-refractivity contribution in [3.05, 3.63) is 72.6 Å². The summed E-state index contributed by atoms with van der Waals surface area (Å²) in [5.74, 6) is -0.00405. The van der Waals surface area contributed by atoms with Gasteiger partial charge in [0.2, 0.25) is 5.91 Å². The van der Waals surface area contributed by atoms with Gasteiger partial charge in [-0.2, -0.15) is 0 Å². The average molecular weight is 390 g/mol. The summed E-state index contributed by atoms with van der Waals surface area (Å²) in [6.45, 7) is 2.15. The van der Waals surface area contributed by atoms with Crippen LogP contribution in [-0.2, 0) is 5.41 Å². The zero-order valence-electron chi connectivity index (χ0n) is 17.3. The van der Waals surface area contributed by atoms with Gasteiger partial charge in [-0.05, 0) is 53.8 Å². The molecule has 0 saturated heterocycles. The SMILES string of the molecule is CCCCC(C(=O)n1cccc1)(c1ccc2ccccc2c1)C1(O)CCCCC1. The Morgan fingerprint density at radius 2 is 1.69 bits per heavy atom. The third-order valence-electron chi connectivity index (χ3n) is 6.83. The molecule has 29 heavy (non-hydrogen) atoms.